The molecule has 0 amide bonds. The first-order chi connectivity index (χ1) is 9.83. The Bertz CT molecular complexity index is 524. The number of hydrogen-bond acceptors (Lipinski definition) is 3. The number of ether oxygens (including phenoxy) is 1. The van der Waals surface area contributed by atoms with Crippen LogP contribution in [0.3, 0.4) is 0 Å². The van der Waals surface area contributed by atoms with Crippen molar-refractivity contribution in [3.05, 3.63) is 35.4 Å². The van der Waals surface area contributed by atoms with Crippen molar-refractivity contribution < 1.29 is 4.74 Å². The maximum absolute atomic E-state index is 5.54. The average Bonchev–Trinajstić information content (AvgIpc) is 3.12. The lowest BCUT2D eigenvalue weighted by Gasteiger charge is -2.12. The summed E-state index contributed by atoms with van der Waals surface area (Å²) in [7, 11) is 0. The molecule has 2 N–H and O–H groups in total. The molecule has 106 valence electrons. The average molecular weight is 289 g/mol. The highest BCUT2D eigenvalue weighted by Crippen LogP contribution is 2.21. The van der Waals surface area contributed by atoms with Gasteiger partial charge < -0.3 is 10.1 Å². The molecule has 2 aliphatic rings. The maximum atomic E-state index is 5.54. The molecule has 1 fully saturated rings. The van der Waals surface area contributed by atoms with E-state index in [1.807, 2.05) is 6.07 Å². The lowest BCUT2D eigenvalue weighted by Crippen LogP contribution is -2.37. The third-order valence-corrected chi connectivity index (χ3v) is 4.00. The Morgan fingerprint density at radius 3 is 3.10 bits per heavy atom. The Hall–Kier alpha value is -1.46. The van der Waals surface area contributed by atoms with Crippen LogP contribution in [0.5, 0.6) is 0 Å². The normalized spacial score (nSPS) is 22.8. The van der Waals surface area contributed by atoms with Gasteiger partial charge in [0.05, 0.1) is 11.8 Å². The van der Waals surface area contributed by atoms with E-state index in [2.05, 4.69) is 34.0 Å². The smallest absolute Gasteiger partial charge is 0.187 e. The molecule has 0 bridgehead atoms. The van der Waals surface area contributed by atoms with Crippen molar-refractivity contribution in [3.8, 4) is 0 Å². The first-order valence-electron chi connectivity index (χ1n) is 7.13. The van der Waals surface area contributed by atoms with Crippen LogP contribution in [0.4, 0.5) is 0 Å². The van der Waals surface area contributed by atoms with E-state index >= 15 is 0 Å². The van der Waals surface area contributed by atoms with E-state index in [1.54, 1.807) is 0 Å². The number of rotatable bonds is 3. The SMILES string of the molecule is S=C(NCC1CCCO1)N/N=C1/CCc2ccccc21. The first-order valence-corrected chi connectivity index (χ1v) is 7.54. The molecule has 1 saturated heterocycles. The van der Waals surface area contributed by atoms with Gasteiger partial charge in [0.1, 0.15) is 0 Å². The molecule has 5 heteroatoms. The van der Waals surface area contributed by atoms with Gasteiger partial charge in [-0.25, -0.2) is 0 Å². The number of hydrazone groups is 1. The molecule has 0 radical (unpaired) electrons. The molecule has 4 nitrogen and oxygen atoms in total. The van der Waals surface area contributed by atoms with Crippen LogP contribution in [0.25, 0.3) is 0 Å². The monoisotopic (exact) mass is 289 g/mol. The first kappa shape index (κ1) is 13.5. The Labute approximate surface area is 124 Å². The van der Waals surface area contributed by atoms with Crippen LogP contribution >= 0.6 is 12.2 Å². The highest BCUT2D eigenvalue weighted by atomic mass is 32.1. The Morgan fingerprint density at radius 2 is 2.25 bits per heavy atom. The molecule has 20 heavy (non-hydrogen) atoms. The summed E-state index contributed by atoms with van der Waals surface area (Å²) in [6.45, 7) is 1.62. The zero-order valence-corrected chi connectivity index (χ0v) is 12.2. The zero-order chi connectivity index (χ0) is 13.8. The van der Waals surface area contributed by atoms with Crippen LogP contribution < -0.4 is 10.7 Å². The highest BCUT2D eigenvalue weighted by Gasteiger charge is 2.17. The lowest BCUT2D eigenvalue weighted by molar-refractivity contribution is 0.114. The number of thiocarbonyl (C=S) groups is 1. The predicted molar refractivity (Wildman–Crippen MR) is 84.0 cm³/mol. The van der Waals surface area contributed by atoms with Crippen LogP contribution in [-0.4, -0.2) is 30.1 Å². The number of benzene rings is 1. The quantitative estimate of drug-likeness (QED) is 0.660. The predicted octanol–water partition coefficient (Wildman–Crippen LogP) is 1.98. The molecule has 0 saturated carbocycles. The van der Waals surface area contributed by atoms with Gasteiger partial charge in [-0.2, -0.15) is 5.10 Å². The molecule has 1 heterocycles. The summed E-state index contributed by atoms with van der Waals surface area (Å²) >= 11 is 5.24. The Balaban J connectivity index is 1.51. The number of nitrogens with zero attached hydrogens (tertiary/aromatic N) is 1. The molecule has 0 aromatic heterocycles. The van der Waals surface area contributed by atoms with Crippen molar-refractivity contribution >= 4 is 23.0 Å². The van der Waals surface area contributed by atoms with Gasteiger partial charge in [0.2, 0.25) is 0 Å². The van der Waals surface area contributed by atoms with Crippen LogP contribution in [-0.2, 0) is 11.2 Å². The number of nitrogens with one attached hydrogen (secondary N) is 2. The molecule has 3 rings (SSSR count). The van der Waals surface area contributed by atoms with Gasteiger partial charge in [-0.15, -0.1) is 0 Å². The fraction of sp³-hybridized carbons (Fsp3) is 0.467. The van der Waals surface area contributed by atoms with Crippen molar-refractivity contribution in [1.82, 2.24) is 10.7 Å². The fourth-order valence-corrected chi connectivity index (χ4v) is 2.82. The molecular formula is C15H19N3OS. The summed E-state index contributed by atoms with van der Waals surface area (Å²) in [5.41, 5.74) is 6.63. The summed E-state index contributed by atoms with van der Waals surface area (Å²) in [5.74, 6) is 0. The molecule has 1 aromatic carbocycles. The molecule has 1 aliphatic heterocycles. The summed E-state index contributed by atoms with van der Waals surface area (Å²) in [6, 6.07) is 8.40. The minimum atomic E-state index is 0.287. The van der Waals surface area contributed by atoms with E-state index in [4.69, 9.17) is 17.0 Å². The van der Waals surface area contributed by atoms with E-state index in [-0.39, 0.29) is 6.10 Å². The van der Waals surface area contributed by atoms with Crippen LogP contribution in [0, 0.1) is 0 Å². The summed E-state index contributed by atoms with van der Waals surface area (Å²) in [6.07, 6.45) is 4.57. The van der Waals surface area contributed by atoms with Crippen molar-refractivity contribution in [2.24, 2.45) is 5.10 Å². The molecule has 0 spiro atoms. The van der Waals surface area contributed by atoms with Gasteiger partial charge in [0.15, 0.2) is 5.11 Å². The van der Waals surface area contributed by atoms with Gasteiger partial charge >= 0.3 is 0 Å². The van der Waals surface area contributed by atoms with Gasteiger partial charge in [-0.05, 0) is 43.5 Å². The number of aryl methyl sites for hydroxylation is 1. The third-order valence-electron chi connectivity index (χ3n) is 3.77. The second kappa shape index (κ2) is 6.33. The van der Waals surface area contributed by atoms with E-state index < -0.39 is 0 Å². The van der Waals surface area contributed by atoms with Gasteiger partial charge in [-0.1, -0.05) is 24.3 Å². The largest absolute Gasteiger partial charge is 0.376 e. The van der Waals surface area contributed by atoms with E-state index in [9.17, 15) is 0 Å². The van der Waals surface area contributed by atoms with Crippen molar-refractivity contribution in [2.45, 2.75) is 31.8 Å². The van der Waals surface area contributed by atoms with Gasteiger partial charge in [0.25, 0.3) is 0 Å². The van der Waals surface area contributed by atoms with Crippen molar-refractivity contribution in [2.75, 3.05) is 13.2 Å². The van der Waals surface area contributed by atoms with E-state index in [1.165, 1.54) is 11.1 Å². The molecular weight excluding hydrogens is 270 g/mol. The van der Waals surface area contributed by atoms with E-state index in [0.29, 0.717) is 5.11 Å². The number of fused-ring (bicyclic) bond motifs is 1. The highest BCUT2D eigenvalue weighted by molar-refractivity contribution is 7.80. The standard InChI is InChI=1S/C15H19N3OS/c20-15(16-10-12-5-3-9-19-12)18-17-14-8-7-11-4-1-2-6-13(11)14/h1-2,4,6,12H,3,5,7-10H2,(H2,16,18,20)/b17-14-. The summed E-state index contributed by atoms with van der Waals surface area (Å²) < 4.78 is 5.54. The molecule has 1 aromatic rings. The maximum Gasteiger partial charge on any atom is 0.187 e. The number of hydrogen-bond donors (Lipinski definition) is 2. The van der Waals surface area contributed by atoms with Crippen LogP contribution in [0.15, 0.2) is 29.4 Å². The Morgan fingerprint density at radius 1 is 1.35 bits per heavy atom. The molecule has 1 atom stereocenters. The lowest BCUT2D eigenvalue weighted by atomic mass is 10.1. The third kappa shape index (κ3) is 3.16. The summed E-state index contributed by atoms with van der Waals surface area (Å²) in [5, 5.41) is 8.16. The van der Waals surface area contributed by atoms with Crippen LogP contribution in [0.1, 0.15) is 30.4 Å². The van der Waals surface area contributed by atoms with Gasteiger partial charge in [0, 0.05) is 18.7 Å². The van der Waals surface area contributed by atoms with E-state index in [0.717, 1.165) is 44.5 Å². The zero-order valence-electron chi connectivity index (χ0n) is 11.4. The van der Waals surface area contributed by atoms with Crippen LogP contribution in [0.2, 0.25) is 0 Å². The van der Waals surface area contributed by atoms with Crippen molar-refractivity contribution in [1.29, 1.82) is 0 Å². The topological polar surface area (TPSA) is 45.6 Å². The minimum Gasteiger partial charge on any atom is -0.376 e. The van der Waals surface area contributed by atoms with Crippen molar-refractivity contribution in [3.63, 3.8) is 0 Å². The Kier molecular flexibility index (Phi) is 4.28. The minimum absolute atomic E-state index is 0.287. The summed E-state index contributed by atoms with van der Waals surface area (Å²) in [4.78, 5) is 0. The molecule has 1 aliphatic carbocycles. The van der Waals surface area contributed by atoms with Gasteiger partial charge in [-0.3, -0.25) is 5.43 Å². The second-order valence-electron chi connectivity index (χ2n) is 5.17. The molecule has 1 unspecified atom stereocenters. The second-order valence-corrected chi connectivity index (χ2v) is 5.58. The fourth-order valence-electron chi connectivity index (χ4n) is 2.69.